The highest BCUT2D eigenvalue weighted by Gasteiger charge is 2.00. The Morgan fingerprint density at radius 1 is 0.733 bits per heavy atom. The van der Waals surface area contributed by atoms with Gasteiger partial charge in [-0.3, -0.25) is 0 Å². The van der Waals surface area contributed by atoms with Crippen LogP contribution in [0.3, 0.4) is 0 Å². The molecule has 0 aliphatic carbocycles. The average molecular weight is 210 g/mol. The third-order valence-corrected chi connectivity index (χ3v) is 3.54. The summed E-state index contributed by atoms with van der Waals surface area (Å²) in [6, 6.07) is 17.0. The zero-order valence-electron chi connectivity index (χ0n) is 8.18. The van der Waals surface area contributed by atoms with Crippen LogP contribution in [0.5, 0.6) is 0 Å². The van der Waals surface area contributed by atoms with Crippen molar-refractivity contribution in [2.24, 2.45) is 0 Å². The molecule has 0 bridgehead atoms. The van der Waals surface area contributed by atoms with Crippen LogP contribution in [0, 0.1) is 0 Å². The highest BCUT2D eigenvalue weighted by atomic mass is 32.2. The third kappa shape index (κ3) is 1.59. The maximum absolute atomic E-state index is 2.25. The van der Waals surface area contributed by atoms with Gasteiger partial charge in [0.05, 0.1) is 0 Å². The quantitative estimate of drug-likeness (QED) is 0.643. The molecule has 0 aromatic heterocycles. The van der Waals surface area contributed by atoms with Crippen LogP contribution < -0.4 is 10.4 Å². The van der Waals surface area contributed by atoms with Gasteiger partial charge in [0.2, 0.25) is 0 Å². The standard InChI is InChI=1S/C14H10S/c1-2-7-13-10-15-14-8-4-3-6-12(14)9-11(13)5-1/h1-10H. The Bertz CT molecular complexity index is 611. The summed E-state index contributed by atoms with van der Waals surface area (Å²) in [7, 11) is 0. The van der Waals surface area contributed by atoms with E-state index in [4.69, 9.17) is 0 Å². The topological polar surface area (TPSA) is 0 Å². The molecule has 3 rings (SSSR count). The summed E-state index contributed by atoms with van der Waals surface area (Å²) >= 11 is 1.80. The molecular formula is C14H10S. The molecule has 0 fully saturated rings. The first-order chi connectivity index (χ1) is 7.43. The molecule has 1 heteroatoms. The van der Waals surface area contributed by atoms with Crippen LogP contribution in [0.1, 0.15) is 5.56 Å². The van der Waals surface area contributed by atoms with Gasteiger partial charge >= 0.3 is 0 Å². The van der Waals surface area contributed by atoms with Crippen molar-refractivity contribution in [1.29, 1.82) is 0 Å². The second-order valence-corrected chi connectivity index (χ2v) is 4.46. The predicted octanol–water partition coefficient (Wildman–Crippen LogP) is 2.36. The minimum Gasteiger partial charge on any atom is -0.0968 e. The maximum atomic E-state index is 2.25. The molecule has 1 heterocycles. The highest BCUT2D eigenvalue weighted by molar-refractivity contribution is 8.06. The molecule has 0 nitrogen and oxygen atoms in total. The fourth-order valence-electron chi connectivity index (χ4n) is 1.75. The third-order valence-electron chi connectivity index (χ3n) is 2.54. The predicted molar refractivity (Wildman–Crippen MR) is 66.0 cm³/mol. The molecule has 1 aliphatic heterocycles. The van der Waals surface area contributed by atoms with Crippen molar-refractivity contribution in [1.82, 2.24) is 0 Å². The summed E-state index contributed by atoms with van der Waals surface area (Å²) in [5.74, 6) is 0. The number of thioether (sulfide) groups is 1. The zero-order chi connectivity index (χ0) is 10.1. The van der Waals surface area contributed by atoms with Crippen molar-refractivity contribution in [3.05, 3.63) is 64.5 Å². The molecule has 0 N–H and O–H groups in total. The van der Waals surface area contributed by atoms with E-state index in [1.54, 1.807) is 11.8 Å². The summed E-state index contributed by atoms with van der Waals surface area (Å²) in [4.78, 5) is 1.33. The molecule has 0 amide bonds. The maximum Gasteiger partial charge on any atom is 0.0189 e. The van der Waals surface area contributed by atoms with Crippen molar-refractivity contribution in [2.45, 2.75) is 4.90 Å². The fraction of sp³-hybridized carbons (Fsp3) is 0. The second kappa shape index (κ2) is 3.59. The Morgan fingerprint density at radius 3 is 2.40 bits per heavy atom. The van der Waals surface area contributed by atoms with Gasteiger partial charge in [0.1, 0.15) is 0 Å². The van der Waals surface area contributed by atoms with E-state index < -0.39 is 0 Å². The molecule has 0 saturated heterocycles. The average Bonchev–Trinajstić information content (AvgIpc) is 2.48. The van der Waals surface area contributed by atoms with E-state index in [1.807, 2.05) is 0 Å². The summed E-state index contributed by atoms with van der Waals surface area (Å²) in [5.41, 5.74) is 1.31. The molecule has 72 valence electrons. The van der Waals surface area contributed by atoms with E-state index in [1.165, 1.54) is 20.9 Å². The van der Waals surface area contributed by atoms with Gasteiger partial charge < -0.3 is 0 Å². The van der Waals surface area contributed by atoms with Gasteiger partial charge in [-0.1, -0.05) is 54.2 Å². The number of rotatable bonds is 0. The molecule has 0 spiro atoms. The van der Waals surface area contributed by atoms with Crippen LogP contribution in [-0.4, -0.2) is 0 Å². The van der Waals surface area contributed by atoms with Gasteiger partial charge in [0.25, 0.3) is 0 Å². The SMILES string of the molecule is C1=c2ccccc2=Cc2ccccc2S1. The monoisotopic (exact) mass is 210 g/mol. The summed E-state index contributed by atoms with van der Waals surface area (Å²) in [6.45, 7) is 0. The number of benzene rings is 2. The van der Waals surface area contributed by atoms with Crippen molar-refractivity contribution in [3.8, 4) is 0 Å². The number of hydrogen-bond donors (Lipinski definition) is 0. The normalized spacial score (nSPS) is 12.8. The lowest BCUT2D eigenvalue weighted by Crippen LogP contribution is -2.22. The van der Waals surface area contributed by atoms with Gasteiger partial charge in [0.15, 0.2) is 0 Å². The van der Waals surface area contributed by atoms with E-state index in [9.17, 15) is 0 Å². The van der Waals surface area contributed by atoms with Crippen molar-refractivity contribution >= 4 is 23.2 Å². The van der Waals surface area contributed by atoms with Crippen LogP contribution in [0.25, 0.3) is 11.5 Å². The van der Waals surface area contributed by atoms with Crippen molar-refractivity contribution in [2.75, 3.05) is 0 Å². The Kier molecular flexibility index (Phi) is 2.11. The summed E-state index contributed by atoms with van der Waals surface area (Å²) < 4.78 is 0. The lowest BCUT2D eigenvalue weighted by molar-refractivity contribution is 1.42. The molecule has 0 saturated carbocycles. The van der Waals surface area contributed by atoms with Gasteiger partial charge in [0, 0.05) is 4.90 Å². The van der Waals surface area contributed by atoms with Crippen LogP contribution >= 0.6 is 11.8 Å². The van der Waals surface area contributed by atoms with Gasteiger partial charge in [-0.2, -0.15) is 0 Å². The van der Waals surface area contributed by atoms with E-state index >= 15 is 0 Å². The largest absolute Gasteiger partial charge is 0.0968 e. The number of hydrogen-bond acceptors (Lipinski definition) is 1. The summed E-state index contributed by atoms with van der Waals surface area (Å²) in [5, 5.41) is 4.83. The number of fused-ring (bicyclic) bond motifs is 2. The highest BCUT2D eigenvalue weighted by Crippen LogP contribution is 2.24. The second-order valence-electron chi connectivity index (χ2n) is 3.55. The molecule has 1 aliphatic rings. The van der Waals surface area contributed by atoms with E-state index in [0.717, 1.165) is 0 Å². The lowest BCUT2D eigenvalue weighted by Gasteiger charge is -1.98. The smallest absolute Gasteiger partial charge is 0.0189 e. The first-order valence-corrected chi connectivity index (χ1v) is 5.84. The first kappa shape index (κ1) is 8.81. The Balaban J connectivity index is 2.36. The first-order valence-electron chi connectivity index (χ1n) is 4.96. The Hall–Kier alpha value is -1.47. The minimum atomic E-state index is 1.30. The lowest BCUT2D eigenvalue weighted by atomic mass is 10.1. The molecule has 2 aromatic rings. The van der Waals surface area contributed by atoms with Gasteiger partial charge in [-0.05, 0) is 33.6 Å². The van der Waals surface area contributed by atoms with Gasteiger partial charge in [-0.15, -0.1) is 0 Å². The molecule has 2 aromatic carbocycles. The molecular weight excluding hydrogens is 200 g/mol. The van der Waals surface area contributed by atoms with Gasteiger partial charge in [-0.25, -0.2) is 0 Å². The van der Waals surface area contributed by atoms with Crippen LogP contribution in [-0.2, 0) is 0 Å². The Morgan fingerprint density at radius 2 is 1.47 bits per heavy atom. The minimum absolute atomic E-state index is 1.30. The van der Waals surface area contributed by atoms with Crippen LogP contribution in [0.4, 0.5) is 0 Å². The molecule has 0 unspecified atom stereocenters. The fourth-order valence-corrected chi connectivity index (χ4v) is 2.64. The van der Waals surface area contributed by atoms with Crippen LogP contribution in [0.2, 0.25) is 0 Å². The van der Waals surface area contributed by atoms with Crippen LogP contribution in [0.15, 0.2) is 53.4 Å². The Labute approximate surface area is 93.0 Å². The van der Waals surface area contributed by atoms with Crippen molar-refractivity contribution < 1.29 is 0 Å². The van der Waals surface area contributed by atoms with E-state index in [2.05, 4.69) is 60.0 Å². The summed E-state index contributed by atoms with van der Waals surface area (Å²) in [6.07, 6.45) is 2.25. The molecule has 0 atom stereocenters. The zero-order valence-corrected chi connectivity index (χ0v) is 9.00. The van der Waals surface area contributed by atoms with E-state index in [-0.39, 0.29) is 0 Å². The van der Waals surface area contributed by atoms with E-state index in [0.29, 0.717) is 0 Å². The molecule has 0 radical (unpaired) electrons. The molecule has 15 heavy (non-hydrogen) atoms. The van der Waals surface area contributed by atoms with Crippen molar-refractivity contribution in [3.63, 3.8) is 0 Å².